The molecule has 0 aromatic carbocycles. The van der Waals surface area contributed by atoms with Crippen molar-refractivity contribution in [2.75, 3.05) is 12.3 Å². The van der Waals surface area contributed by atoms with Crippen LogP contribution in [0.2, 0.25) is 0 Å². The van der Waals surface area contributed by atoms with Crippen molar-refractivity contribution in [3.8, 4) is 0 Å². The van der Waals surface area contributed by atoms with E-state index in [1.54, 1.807) is 11.4 Å². The number of unbranched alkanes of at least 4 members (excludes halogenated alkanes) is 1. The van der Waals surface area contributed by atoms with E-state index >= 15 is 0 Å². The molecule has 0 saturated carbocycles. The number of carbonyl (C=O) groups excluding carboxylic acids is 1. The van der Waals surface area contributed by atoms with Crippen molar-refractivity contribution in [2.24, 2.45) is 0 Å². The predicted octanol–water partition coefficient (Wildman–Crippen LogP) is 2.45. The SMILES string of the molecule is CCCCNC(=O)CSc1csc(C(=O)O)c1. The zero-order valence-electron chi connectivity index (χ0n) is 9.56. The second-order valence-electron chi connectivity index (χ2n) is 3.44. The minimum absolute atomic E-state index is 0.00785. The molecule has 0 fully saturated rings. The lowest BCUT2D eigenvalue weighted by atomic mass is 10.3. The Hall–Kier alpha value is -1.01. The molecule has 0 aliphatic rings. The molecule has 0 unspecified atom stereocenters. The molecule has 1 rings (SSSR count). The Labute approximate surface area is 108 Å². The molecule has 6 heteroatoms. The average Bonchev–Trinajstić information content (AvgIpc) is 2.75. The first-order valence-corrected chi connectivity index (χ1v) is 7.21. The molecule has 0 bridgehead atoms. The number of carbonyl (C=O) groups is 2. The third-order valence-corrected chi connectivity index (χ3v) is 4.05. The molecule has 0 aliphatic carbocycles. The van der Waals surface area contributed by atoms with Gasteiger partial charge < -0.3 is 10.4 Å². The van der Waals surface area contributed by atoms with Gasteiger partial charge in [0.1, 0.15) is 4.88 Å². The maximum Gasteiger partial charge on any atom is 0.345 e. The van der Waals surface area contributed by atoms with Crippen LogP contribution in [0.15, 0.2) is 16.3 Å². The van der Waals surface area contributed by atoms with Crippen LogP contribution in [0.1, 0.15) is 29.4 Å². The van der Waals surface area contributed by atoms with E-state index in [4.69, 9.17) is 5.11 Å². The zero-order chi connectivity index (χ0) is 12.7. The predicted molar refractivity (Wildman–Crippen MR) is 69.9 cm³/mol. The zero-order valence-corrected chi connectivity index (χ0v) is 11.2. The second kappa shape index (κ2) is 7.34. The first-order chi connectivity index (χ1) is 8.13. The number of hydrogen-bond donors (Lipinski definition) is 2. The summed E-state index contributed by atoms with van der Waals surface area (Å²) in [5.41, 5.74) is 0. The van der Waals surface area contributed by atoms with Crippen LogP contribution in [0.3, 0.4) is 0 Å². The van der Waals surface area contributed by atoms with E-state index in [-0.39, 0.29) is 5.91 Å². The Bertz CT molecular complexity index is 390. The molecule has 2 N–H and O–H groups in total. The van der Waals surface area contributed by atoms with Crippen LogP contribution >= 0.6 is 23.1 Å². The fourth-order valence-corrected chi connectivity index (χ4v) is 2.81. The summed E-state index contributed by atoms with van der Waals surface area (Å²) in [4.78, 5) is 23.2. The normalized spacial score (nSPS) is 10.2. The van der Waals surface area contributed by atoms with E-state index in [1.165, 1.54) is 23.1 Å². The van der Waals surface area contributed by atoms with Gasteiger partial charge in [0.2, 0.25) is 5.91 Å². The Morgan fingerprint density at radius 2 is 2.29 bits per heavy atom. The molecule has 0 aliphatic heterocycles. The quantitative estimate of drug-likeness (QED) is 0.591. The number of hydrogen-bond acceptors (Lipinski definition) is 4. The Morgan fingerprint density at radius 1 is 1.53 bits per heavy atom. The minimum atomic E-state index is -0.922. The van der Waals surface area contributed by atoms with Crippen molar-refractivity contribution < 1.29 is 14.7 Å². The lowest BCUT2D eigenvalue weighted by molar-refractivity contribution is -0.118. The highest BCUT2D eigenvalue weighted by atomic mass is 32.2. The van der Waals surface area contributed by atoms with Crippen LogP contribution in [0.25, 0.3) is 0 Å². The van der Waals surface area contributed by atoms with Gasteiger partial charge in [0.25, 0.3) is 0 Å². The molecule has 1 aromatic heterocycles. The van der Waals surface area contributed by atoms with Crippen molar-refractivity contribution in [1.29, 1.82) is 0 Å². The first kappa shape index (κ1) is 14.1. The summed E-state index contributed by atoms with van der Waals surface area (Å²) >= 11 is 2.54. The number of thiophene rings is 1. The number of carboxylic acid groups (broad SMARTS) is 1. The van der Waals surface area contributed by atoms with Gasteiger partial charge in [-0.2, -0.15) is 0 Å². The Morgan fingerprint density at radius 3 is 2.88 bits per heavy atom. The van der Waals surface area contributed by atoms with Crippen molar-refractivity contribution in [3.63, 3.8) is 0 Å². The Balaban J connectivity index is 2.29. The van der Waals surface area contributed by atoms with Gasteiger partial charge in [0, 0.05) is 16.8 Å². The van der Waals surface area contributed by atoms with E-state index in [0.29, 0.717) is 17.2 Å². The van der Waals surface area contributed by atoms with Crippen LogP contribution in [-0.2, 0) is 4.79 Å². The summed E-state index contributed by atoms with van der Waals surface area (Å²) in [6.07, 6.45) is 2.04. The smallest absolute Gasteiger partial charge is 0.345 e. The van der Waals surface area contributed by atoms with Crippen LogP contribution in [0, 0.1) is 0 Å². The molecule has 0 radical (unpaired) electrons. The van der Waals surface area contributed by atoms with Crippen molar-refractivity contribution in [3.05, 3.63) is 16.3 Å². The van der Waals surface area contributed by atoms with Crippen molar-refractivity contribution >= 4 is 35.0 Å². The highest BCUT2D eigenvalue weighted by molar-refractivity contribution is 8.00. The molecule has 4 nitrogen and oxygen atoms in total. The summed E-state index contributed by atoms with van der Waals surface area (Å²) < 4.78 is 0. The van der Waals surface area contributed by atoms with E-state index < -0.39 is 5.97 Å². The van der Waals surface area contributed by atoms with Gasteiger partial charge in [0.15, 0.2) is 0 Å². The van der Waals surface area contributed by atoms with Crippen molar-refractivity contribution in [1.82, 2.24) is 5.32 Å². The van der Waals surface area contributed by atoms with Gasteiger partial charge in [-0.05, 0) is 12.5 Å². The monoisotopic (exact) mass is 273 g/mol. The third kappa shape index (κ3) is 5.23. The van der Waals surface area contributed by atoms with Gasteiger partial charge in [-0.3, -0.25) is 4.79 Å². The summed E-state index contributed by atoms with van der Waals surface area (Å²) in [5, 5.41) is 13.3. The largest absolute Gasteiger partial charge is 0.477 e. The molecule has 0 saturated heterocycles. The molecule has 17 heavy (non-hydrogen) atoms. The van der Waals surface area contributed by atoms with E-state index in [1.807, 2.05) is 0 Å². The molecule has 1 heterocycles. The number of carboxylic acids is 1. The summed E-state index contributed by atoms with van der Waals surface area (Å²) in [5.74, 6) is -0.597. The second-order valence-corrected chi connectivity index (χ2v) is 5.40. The molecular weight excluding hydrogens is 258 g/mol. The number of amides is 1. The highest BCUT2D eigenvalue weighted by Gasteiger charge is 2.08. The van der Waals surface area contributed by atoms with Crippen LogP contribution < -0.4 is 5.32 Å². The molecule has 0 spiro atoms. The summed E-state index contributed by atoms with van der Waals surface area (Å²) in [6.45, 7) is 2.78. The summed E-state index contributed by atoms with van der Waals surface area (Å²) in [7, 11) is 0. The summed E-state index contributed by atoms with van der Waals surface area (Å²) in [6, 6.07) is 1.59. The minimum Gasteiger partial charge on any atom is -0.477 e. The topological polar surface area (TPSA) is 66.4 Å². The Kier molecular flexibility index (Phi) is 6.07. The molecule has 94 valence electrons. The fourth-order valence-electron chi connectivity index (χ4n) is 1.11. The van der Waals surface area contributed by atoms with Crippen LogP contribution in [0.4, 0.5) is 0 Å². The van der Waals surface area contributed by atoms with E-state index in [9.17, 15) is 9.59 Å². The number of nitrogens with one attached hydrogen (secondary N) is 1. The van der Waals surface area contributed by atoms with Crippen LogP contribution in [0.5, 0.6) is 0 Å². The maximum atomic E-state index is 11.4. The van der Waals surface area contributed by atoms with E-state index in [0.717, 1.165) is 17.7 Å². The maximum absolute atomic E-state index is 11.4. The van der Waals surface area contributed by atoms with Gasteiger partial charge in [-0.15, -0.1) is 23.1 Å². The molecule has 1 amide bonds. The van der Waals surface area contributed by atoms with Gasteiger partial charge >= 0.3 is 5.97 Å². The number of rotatable bonds is 7. The van der Waals surface area contributed by atoms with Gasteiger partial charge in [-0.1, -0.05) is 13.3 Å². The van der Waals surface area contributed by atoms with Crippen molar-refractivity contribution in [2.45, 2.75) is 24.7 Å². The van der Waals surface area contributed by atoms with Gasteiger partial charge in [-0.25, -0.2) is 4.79 Å². The molecule has 1 aromatic rings. The average molecular weight is 273 g/mol. The number of aromatic carboxylic acids is 1. The lowest BCUT2D eigenvalue weighted by Crippen LogP contribution is -2.25. The van der Waals surface area contributed by atoms with E-state index in [2.05, 4.69) is 12.2 Å². The molecular formula is C11H15NO3S2. The fraction of sp³-hybridized carbons (Fsp3) is 0.455. The van der Waals surface area contributed by atoms with Gasteiger partial charge in [0.05, 0.1) is 5.75 Å². The lowest BCUT2D eigenvalue weighted by Gasteiger charge is -2.02. The first-order valence-electron chi connectivity index (χ1n) is 5.34. The standard InChI is InChI=1S/C11H15NO3S2/c1-2-3-4-12-10(13)7-16-8-5-9(11(14)15)17-6-8/h5-6H,2-4,7H2,1H3,(H,12,13)(H,14,15). The molecule has 0 atom stereocenters. The highest BCUT2D eigenvalue weighted by Crippen LogP contribution is 2.24. The number of thioether (sulfide) groups is 1. The third-order valence-electron chi connectivity index (χ3n) is 2.01. The van der Waals surface area contributed by atoms with Crippen LogP contribution in [-0.4, -0.2) is 29.3 Å².